The first-order chi connectivity index (χ1) is 6.27. The molecule has 0 fully saturated rings. The normalized spacial score (nSPS) is 22.1. The Morgan fingerprint density at radius 3 is 2.85 bits per heavy atom. The molecule has 1 aliphatic carbocycles. The second-order valence-electron chi connectivity index (χ2n) is 4.17. The number of aryl methyl sites for hydroxylation is 1. The molecule has 0 amide bonds. The van der Waals surface area contributed by atoms with Crippen LogP contribution in [-0.2, 0) is 12.8 Å². The Hall–Kier alpha value is -0.980. The SMILES string of the molecule is CC1CCc2cccc(N)c2CC1. The van der Waals surface area contributed by atoms with Gasteiger partial charge >= 0.3 is 0 Å². The number of nitrogens with two attached hydrogens (primary N) is 1. The minimum atomic E-state index is 0.854. The van der Waals surface area contributed by atoms with Crippen LogP contribution in [0, 0.1) is 5.92 Å². The molecule has 1 aromatic rings. The fourth-order valence-corrected chi connectivity index (χ4v) is 2.13. The van der Waals surface area contributed by atoms with Gasteiger partial charge in [0, 0.05) is 5.69 Å². The summed E-state index contributed by atoms with van der Waals surface area (Å²) >= 11 is 0. The number of anilines is 1. The molecule has 2 rings (SSSR count). The van der Waals surface area contributed by atoms with Crippen LogP contribution in [0.15, 0.2) is 18.2 Å². The summed E-state index contributed by atoms with van der Waals surface area (Å²) in [5.41, 5.74) is 9.83. The highest BCUT2D eigenvalue weighted by atomic mass is 14.6. The number of hydrogen-bond donors (Lipinski definition) is 1. The van der Waals surface area contributed by atoms with Crippen molar-refractivity contribution in [3.05, 3.63) is 29.3 Å². The van der Waals surface area contributed by atoms with E-state index in [1.54, 1.807) is 0 Å². The molecule has 1 aliphatic rings. The Morgan fingerprint density at radius 2 is 2.00 bits per heavy atom. The molecule has 70 valence electrons. The van der Waals surface area contributed by atoms with Crippen LogP contribution < -0.4 is 5.73 Å². The molecule has 1 aromatic carbocycles. The van der Waals surface area contributed by atoms with E-state index >= 15 is 0 Å². The smallest absolute Gasteiger partial charge is 0.0349 e. The third kappa shape index (κ3) is 1.69. The zero-order valence-corrected chi connectivity index (χ0v) is 8.22. The Balaban J connectivity index is 2.35. The van der Waals surface area contributed by atoms with Gasteiger partial charge in [0.2, 0.25) is 0 Å². The first kappa shape index (κ1) is 8.61. The lowest BCUT2D eigenvalue weighted by Crippen LogP contribution is -1.97. The molecule has 1 nitrogen and oxygen atoms in total. The number of fused-ring (bicyclic) bond motifs is 1. The third-order valence-corrected chi connectivity index (χ3v) is 3.10. The zero-order valence-electron chi connectivity index (χ0n) is 8.22. The first-order valence-corrected chi connectivity index (χ1v) is 5.13. The molecule has 0 saturated heterocycles. The van der Waals surface area contributed by atoms with Crippen LogP contribution in [0.1, 0.15) is 30.9 Å². The molecule has 0 heterocycles. The van der Waals surface area contributed by atoms with E-state index in [1.807, 2.05) is 6.07 Å². The third-order valence-electron chi connectivity index (χ3n) is 3.10. The average molecular weight is 175 g/mol. The van der Waals surface area contributed by atoms with E-state index in [-0.39, 0.29) is 0 Å². The highest BCUT2D eigenvalue weighted by molar-refractivity contribution is 5.51. The summed E-state index contributed by atoms with van der Waals surface area (Å²) in [6.45, 7) is 2.34. The van der Waals surface area contributed by atoms with Gasteiger partial charge in [-0.05, 0) is 48.8 Å². The predicted molar refractivity (Wildman–Crippen MR) is 56.7 cm³/mol. The van der Waals surface area contributed by atoms with Crippen molar-refractivity contribution in [3.8, 4) is 0 Å². The number of nitrogen functional groups attached to an aromatic ring is 1. The summed E-state index contributed by atoms with van der Waals surface area (Å²) in [5.74, 6) is 0.854. The fourth-order valence-electron chi connectivity index (χ4n) is 2.13. The molecule has 0 spiro atoms. The lowest BCUT2D eigenvalue weighted by molar-refractivity contribution is 0.510. The van der Waals surface area contributed by atoms with Crippen molar-refractivity contribution in [2.24, 2.45) is 5.92 Å². The predicted octanol–water partition coefficient (Wildman–Crippen LogP) is 2.78. The Morgan fingerprint density at radius 1 is 1.23 bits per heavy atom. The van der Waals surface area contributed by atoms with Gasteiger partial charge in [0.25, 0.3) is 0 Å². The summed E-state index contributed by atoms with van der Waals surface area (Å²) in [4.78, 5) is 0. The Kier molecular flexibility index (Phi) is 2.26. The molecular formula is C12H17N. The molecule has 0 radical (unpaired) electrons. The molecule has 2 N–H and O–H groups in total. The minimum absolute atomic E-state index is 0.854. The average Bonchev–Trinajstić information content (AvgIpc) is 2.30. The van der Waals surface area contributed by atoms with Gasteiger partial charge in [-0.15, -0.1) is 0 Å². The summed E-state index contributed by atoms with van der Waals surface area (Å²) in [6.07, 6.45) is 4.99. The van der Waals surface area contributed by atoms with Gasteiger partial charge in [-0.1, -0.05) is 19.1 Å². The van der Waals surface area contributed by atoms with Crippen molar-refractivity contribution in [2.75, 3.05) is 5.73 Å². The largest absolute Gasteiger partial charge is 0.398 e. The van der Waals surface area contributed by atoms with Crippen LogP contribution in [0.4, 0.5) is 5.69 Å². The second-order valence-corrected chi connectivity index (χ2v) is 4.17. The van der Waals surface area contributed by atoms with Gasteiger partial charge in [0.1, 0.15) is 0 Å². The standard InChI is InChI=1S/C12H17N/c1-9-5-7-10-3-2-4-12(13)11(10)8-6-9/h2-4,9H,5-8,13H2,1H3. The first-order valence-electron chi connectivity index (χ1n) is 5.13. The van der Waals surface area contributed by atoms with Crippen molar-refractivity contribution in [2.45, 2.75) is 32.6 Å². The summed E-state index contributed by atoms with van der Waals surface area (Å²) in [5, 5.41) is 0. The van der Waals surface area contributed by atoms with Gasteiger partial charge in [0.05, 0.1) is 0 Å². The van der Waals surface area contributed by atoms with Crippen LogP contribution >= 0.6 is 0 Å². The van der Waals surface area contributed by atoms with E-state index in [2.05, 4.69) is 19.1 Å². The minimum Gasteiger partial charge on any atom is -0.398 e. The van der Waals surface area contributed by atoms with Gasteiger partial charge in [0.15, 0.2) is 0 Å². The number of hydrogen-bond acceptors (Lipinski definition) is 1. The van der Waals surface area contributed by atoms with Crippen LogP contribution in [0.5, 0.6) is 0 Å². The Labute approximate surface area is 80.0 Å². The maximum atomic E-state index is 5.96. The van der Waals surface area contributed by atoms with E-state index < -0.39 is 0 Å². The molecule has 0 bridgehead atoms. The van der Waals surface area contributed by atoms with Crippen molar-refractivity contribution in [3.63, 3.8) is 0 Å². The molecule has 1 unspecified atom stereocenters. The van der Waals surface area contributed by atoms with E-state index in [9.17, 15) is 0 Å². The van der Waals surface area contributed by atoms with Crippen LogP contribution in [0.25, 0.3) is 0 Å². The monoisotopic (exact) mass is 175 g/mol. The van der Waals surface area contributed by atoms with Crippen LogP contribution in [0.3, 0.4) is 0 Å². The maximum absolute atomic E-state index is 5.96. The molecule has 1 heteroatoms. The second kappa shape index (κ2) is 3.41. The van der Waals surface area contributed by atoms with E-state index in [0.29, 0.717) is 0 Å². The van der Waals surface area contributed by atoms with Crippen molar-refractivity contribution < 1.29 is 0 Å². The van der Waals surface area contributed by atoms with E-state index in [4.69, 9.17) is 5.73 Å². The topological polar surface area (TPSA) is 26.0 Å². The molecule has 13 heavy (non-hydrogen) atoms. The lowest BCUT2D eigenvalue weighted by Gasteiger charge is -2.07. The van der Waals surface area contributed by atoms with E-state index in [1.165, 1.54) is 36.8 Å². The van der Waals surface area contributed by atoms with Crippen LogP contribution in [0.2, 0.25) is 0 Å². The highest BCUT2D eigenvalue weighted by Crippen LogP contribution is 2.27. The summed E-state index contributed by atoms with van der Waals surface area (Å²) in [6, 6.07) is 6.32. The number of benzene rings is 1. The molecular weight excluding hydrogens is 158 g/mol. The zero-order chi connectivity index (χ0) is 9.26. The van der Waals surface area contributed by atoms with E-state index in [0.717, 1.165) is 11.6 Å². The van der Waals surface area contributed by atoms with Crippen LogP contribution in [-0.4, -0.2) is 0 Å². The van der Waals surface area contributed by atoms with Crippen molar-refractivity contribution in [1.29, 1.82) is 0 Å². The lowest BCUT2D eigenvalue weighted by atomic mass is 10.0. The fraction of sp³-hybridized carbons (Fsp3) is 0.500. The van der Waals surface area contributed by atoms with Crippen molar-refractivity contribution in [1.82, 2.24) is 0 Å². The number of rotatable bonds is 0. The molecule has 0 saturated carbocycles. The highest BCUT2D eigenvalue weighted by Gasteiger charge is 2.13. The summed E-state index contributed by atoms with van der Waals surface area (Å²) < 4.78 is 0. The van der Waals surface area contributed by atoms with Gasteiger partial charge in [-0.3, -0.25) is 0 Å². The molecule has 1 atom stereocenters. The molecule has 0 aromatic heterocycles. The maximum Gasteiger partial charge on any atom is 0.0349 e. The quantitative estimate of drug-likeness (QED) is 0.476. The van der Waals surface area contributed by atoms with Gasteiger partial charge in [-0.2, -0.15) is 0 Å². The molecule has 0 aliphatic heterocycles. The van der Waals surface area contributed by atoms with Crippen molar-refractivity contribution >= 4 is 5.69 Å². The van der Waals surface area contributed by atoms with Gasteiger partial charge < -0.3 is 5.73 Å². The summed E-state index contributed by atoms with van der Waals surface area (Å²) in [7, 11) is 0. The van der Waals surface area contributed by atoms with Gasteiger partial charge in [-0.25, -0.2) is 0 Å². The Bertz CT molecular complexity index is 304.